The lowest BCUT2D eigenvalue weighted by molar-refractivity contribution is 0.266. The number of rotatable bonds is 5. The van der Waals surface area contributed by atoms with Crippen molar-refractivity contribution in [3.63, 3.8) is 0 Å². The second-order valence-electron chi connectivity index (χ2n) is 5.25. The van der Waals surface area contributed by atoms with E-state index in [-0.39, 0.29) is 5.56 Å². The Balaban J connectivity index is 2.18. The number of aromatic nitrogens is 1. The van der Waals surface area contributed by atoms with Crippen molar-refractivity contribution in [1.82, 2.24) is 4.57 Å². The van der Waals surface area contributed by atoms with Crippen molar-refractivity contribution >= 4 is 5.69 Å². The average Bonchev–Trinajstić information content (AvgIpc) is 2.42. The summed E-state index contributed by atoms with van der Waals surface area (Å²) in [7, 11) is 0. The topological polar surface area (TPSA) is 57.2 Å². The van der Waals surface area contributed by atoms with Crippen molar-refractivity contribution in [2.75, 3.05) is 12.3 Å². The molecule has 0 radical (unpaired) electrons. The number of benzene rings is 1. The van der Waals surface area contributed by atoms with E-state index in [1.807, 2.05) is 30.3 Å². The van der Waals surface area contributed by atoms with Gasteiger partial charge in [0.05, 0.1) is 13.2 Å². The molecule has 106 valence electrons. The summed E-state index contributed by atoms with van der Waals surface area (Å²) in [6.45, 7) is 5.16. The molecule has 0 fully saturated rings. The molecule has 0 atom stereocenters. The van der Waals surface area contributed by atoms with Crippen molar-refractivity contribution in [1.29, 1.82) is 0 Å². The van der Waals surface area contributed by atoms with Crippen LogP contribution in [0.3, 0.4) is 0 Å². The zero-order valence-electron chi connectivity index (χ0n) is 11.9. The molecule has 0 bridgehead atoms. The van der Waals surface area contributed by atoms with Gasteiger partial charge in [-0.1, -0.05) is 26.0 Å². The lowest BCUT2D eigenvalue weighted by Gasteiger charge is -2.11. The van der Waals surface area contributed by atoms with Crippen LogP contribution in [0.25, 0.3) is 0 Å². The summed E-state index contributed by atoms with van der Waals surface area (Å²) < 4.78 is 7.18. The first-order chi connectivity index (χ1) is 9.56. The van der Waals surface area contributed by atoms with Gasteiger partial charge in [0.25, 0.3) is 5.56 Å². The highest BCUT2D eigenvalue weighted by molar-refractivity contribution is 5.39. The standard InChI is InChI=1S/C16H20N2O2/c1-12(2)11-20-15-4-3-9-18(16(15)19)10-13-5-7-14(17)8-6-13/h3-9,12H,10-11,17H2,1-2H3. The number of nitrogens with zero attached hydrogens (tertiary/aromatic N) is 1. The molecule has 4 heteroatoms. The maximum atomic E-state index is 12.3. The fourth-order valence-corrected chi connectivity index (χ4v) is 1.83. The van der Waals surface area contributed by atoms with E-state index in [1.54, 1.807) is 16.8 Å². The van der Waals surface area contributed by atoms with Crippen LogP contribution in [-0.2, 0) is 6.54 Å². The van der Waals surface area contributed by atoms with E-state index in [4.69, 9.17) is 10.5 Å². The van der Waals surface area contributed by atoms with E-state index in [9.17, 15) is 4.79 Å². The third kappa shape index (κ3) is 3.63. The Morgan fingerprint density at radius 1 is 1.20 bits per heavy atom. The third-order valence-corrected chi connectivity index (χ3v) is 2.89. The molecule has 1 heterocycles. The zero-order chi connectivity index (χ0) is 14.5. The van der Waals surface area contributed by atoms with E-state index in [1.165, 1.54) is 0 Å². The largest absolute Gasteiger partial charge is 0.488 e. The summed E-state index contributed by atoms with van der Waals surface area (Å²) in [6.07, 6.45) is 1.76. The normalized spacial score (nSPS) is 10.8. The Kier molecular flexibility index (Phi) is 4.45. The predicted octanol–water partition coefficient (Wildman–Crippen LogP) is 2.51. The molecular weight excluding hydrogens is 252 g/mol. The smallest absolute Gasteiger partial charge is 0.293 e. The van der Waals surface area contributed by atoms with Crippen molar-refractivity contribution in [2.45, 2.75) is 20.4 Å². The molecular formula is C16H20N2O2. The molecule has 2 rings (SSSR count). The lowest BCUT2D eigenvalue weighted by Crippen LogP contribution is -2.22. The number of nitrogens with two attached hydrogens (primary N) is 1. The molecule has 20 heavy (non-hydrogen) atoms. The zero-order valence-corrected chi connectivity index (χ0v) is 11.9. The van der Waals surface area contributed by atoms with Gasteiger partial charge in [-0.15, -0.1) is 0 Å². The van der Waals surface area contributed by atoms with Gasteiger partial charge in [-0.3, -0.25) is 4.79 Å². The molecule has 0 spiro atoms. The second kappa shape index (κ2) is 6.28. The summed E-state index contributed by atoms with van der Waals surface area (Å²) in [6, 6.07) is 11.0. The quantitative estimate of drug-likeness (QED) is 0.851. The Morgan fingerprint density at radius 3 is 2.55 bits per heavy atom. The monoisotopic (exact) mass is 272 g/mol. The number of ether oxygens (including phenoxy) is 1. The third-order valence-electron chi connectivity index (χ3n) is 2.89. The molecule has 0 unspecified atom stereocenters. The number of nitrogen functional groups attached to an aromatic ring is 1. The van der Waals surface area contributed by atoms with Crippen LogP contribution in [0, 0.1) is 5.92 Å². The number of hydrogen-bond acceptors (Lipinski definition) is 3. The number of pyridine rings is 1. The van der Waals surface area contributed by atoms with Gasteiger partial charge in [0.1, 0.15) is 0 Å². The van der Waals surface area contributed by atoms with Crippen molar-refractivity contribution < 1.29 is 4.74 Å². The van der Waals surface area contributed by atoms with Gasteiger partial charge in [-0.2, -0.15) is 0 Å². The SMILES string of the molecule is CC(C)COc1cccn(Cc2ccc(N)cc2)c1=O. The van der Waals surface area contributed by atoms with E-state index >= 15 is 0 Å². The van der Waals surface area contributed by atoms with Crippen LogP contribution in [0.15, 0.2) is 47.4 Å². The average molecular weight is 272 g/mol. The first kappa shape index (κ1) is 14.2. The molecule has 2 aromatic rings. The van der Waals surface area contributed by atoms with Crippen LogP contribution >= 0.6 is 0 Å². The molecule has 0 aliphatic rings. The van der Waals surface area contributed by atoms with Gasteiger partial charge < -0.3 is 15.0 Å². The highest BCUT2D eigenvalue weighted by Crippen LogP contribution is 2.09. The van der Waals surface area contributed by atoms with Crippen molar-refractivity contribution in [2.24, 2.45) is 5.92 Å². The van der Waals surface area contributed by atoms with E-state index in [2.05, 4.69) is 13.8 Å². The maximum absolute atomic E-state index is 12.3. The predicted molar refractivity (Wildman–Crippen MR) is 81.0 cm³/mol. The molecule has 0 saturated heterocycles. The lowest BCUT2D eigenvalue weighted by atomic mass is 10.2. The fraction of sp³-hybridized carbons (Fsp3) is 0.312. The summed E-state index contributed by atoms with van der Waals surface area (Å²) in [5.41, 5.74) is 7.29. The van der Waals surface area contributed by atoms with Crippen LogP contribution in [-0.4, -0.2) is 11.2 Å². The highest BCUT2D eigenvalue weighted by Gasteiger charge is 2.06. The fourth-order valence-electron chi connectivity index (χ4n) is 1.83. The molecule has 0 amide bonds. The van der Waals surface area contributed by atoms with Gasteiger partial charge in [-0.25, -0.2) is 0 Å². The van der Waals surface area contributed by atoms with E-state index in [0.717, 1.165) is 11.3 Å². The van der Waals surface area contributed by atoms with Crippen LogP contribution in [0.1, 0.15) is 19.4 Å². The Labute approximate surface area is 118 Å². The minimum atomic E-state index is -0.107. The Bertz CT molecular complexity index is 615. The molecule has 0 aliphatic carbocycles. The first-order valence-electron chi connectivity index (χ1n) is 6.73. The summed E-state index contributed by atoms with van der Waals surface area (Å²) in [5.74, 6) is 0.789. The molecule has 1 aromatic carbocycles. The van der Waals surface area contributed by atoms with Gasteiger partial charge in [0, 0.05) is 11.9 Å². The summed E-state index contributed by atoms with van der Waals surface area (Å²) in [5, 5.41) is 0. The summed E-state index contributed by atoms with van der Waals surface area (Å²) >= 11 is 0. The van der Waals surface area contributed by atoms with Crippen molar-refractivity contribution in [3.05, 3.63) is 58.5 Å². The molecule has 0 aliphatic heterocycles. The second-order valence-corrected chi connectivity index (χ2v) is 5.25. The first-order valence-corrected chi connectivity index (χ1v) is 6.73. The van der Waals surface area contributed by atoms with Crippen LogP contribution < -0.4 is 16.0 Å². The van der Waals surface area contributed by atoms with Crippen LogP contribution in [0.5, 0.6) is 5.75 Å². The van der Waals surface area contributed by atoms with Crippen molar-refractivity contribution in [3.8, 4) is 5.75 Å². The summed E-state index contributed by atoms with van der Waals surface area (Å²) in [4.78, 5) is 12.3. The van der Waals surface area contributed by atoms with Crippen LogP contribution in [0.4, 0.5) is 5.69 Å². The van der Waals surface area contributed by atoms with E-state index < -0.39 is 0 Å². The van der Waals surface area contributed by atoms with Gasteiger partial charge in [0.2, 0.25) is 0 Å². The minimum Gasteiger partial charge on any atom is -0.488 e. The van der Waals surface area contributed by atoms with Crippen LogP contribution in [0.2, 0.25) is 0 Å². The van der Waals surface area contributed by atoms with Gasteiger partial charge in [0.15, 0.2) is 5.75 Å². The molecule has 2 N–H and O–H groups in total. The molecule has 1 aromatic heterocycles. The Hall–Kier alpha value is -2.23. The highest BCUT2D eigenvalue weighted by atomic mass is 16.5. The van der Waals surface area contributed by atoms with E-state index in [0.29, 0.717) is 24.8 Å². The minimum absolute atomic E-state index is 0.107. The molecule has 4 nitrogen and oxygen atoms in total. The Morgan fingerprint density at radius 2 is 1.90 bits per heavy atom. The number of anilines is 1. The number of hydrogen-bond donors (Lipinski definition) is 1. The van der Waals surface area contributed by atoms with Gasteiger partial charge in [-0.05, 0) is 35.7 Å². The maximum Gasteiger partial charge on any atom is 0.293 e. The van der Waals surface area contributed by atoms with Gasteiger partial charge >= 0.3 is 0 Å². The molecule has 0 saturated carbocycles.